The van der Waals surface area contributed by atoms with Crippen molar-refractivity contribution in [3.8, 4) is 5.75 Å². The molecule has 0 unspecified atom stereocenters. The van der Waals surface area contributed by atoms with Gasteiger partial charge in [-0.2, -0.15) is 4.57 Å². The van der Waals surface area contributed by atoms with Crippen LogP contribution in [0.15, 0.2) is 42.7 Å². The number of nitrogens with zero attached hydrogens (tertiary/aromatic N) is 2. The van der Waals surface area contributed by atoms with Crippen LogP contribution in [0, 0.1) is 0 Å². The maximum atomic E-state index is 6.13. The molecule has 0 amide bonds. The molecule has 0 saturated heterocycles. The van der Waals surface area contributed by atoms with Crippen LogP contribution in [-0.4, -0.2) is 79.6 Å². The van der Waals surface area contributed by atoms with E-state index < -0.39 is 0 Å². The minimum absolute atomic E-state index is 0.471. The first-order chi connectivity index (χ1) is 16.8. The summed E-state index contributed by atoms with van der Waals surface area (Å²) in [4.78, 5) is 2.15. The molecule has 0 atom stereocenters. The molecule has 8 nitrogen and oxygen atoms in total. The zero-order valence-corrected chi connectivity index (χ0v) is 20.3. The maximum absolute atomic E-state index is 6.13. The van der Waals surface area contributed by atoms with E-state index in [1.165, 1.54) is 0 Å². The molecule has 2 heterocycles. The normalized spacial score (nSPS) is 17.5. The van der Waals surface area contributed by atoms with Gasteiger partial charge in [-0.1, -0.05) is 18.2 Å². The highest BCUT2D eigenvalue weighted by molar-refractivity contribution is 5.72. The Kier molecular flexibility index (Phi) is 11.8. The lowest BCUT2D eigenvalue weighted by Gasteiger charge is -2.23. The fourth-order valence-corrected chi connectivity index (χ4v) is 3.46. The van der Waals surface area contributed by atoms with Gasteiger partial charge in [-0.25, -0.2) is 0 Å². The summed E-state index contributed by atoms with van der Waals surface area (Å²) in [6.07, 6.45) is 8.38. The molecule has 3 rings (SSSR count). The van der Waals surface area contributed by atoms with Crippen LogP contribution in [0.4, 0.5) is 5.69 Å². The fourth-order valence-electron chi connectivity index (χ4n) is 3.46. The van der Waals surface area contributed by atoms with E-state index in [1.54, 1.807) is 0 Å². The highest BCUT2D eigenvalue weighted by Crippen LogP contribution is 2.29. The first-order valence-electron chi connectivity index (χ1n) is 12.0. The Morgan fingerprint density at radius 3 is 2.03 bits per heavy atom. The van der Waals surface area contributed by atoms with E-state index in [9.17, 15) is 0 Å². The number of likely N-dealkylation sites (N-methyl/N-ethyl adjacent to an activating group) is 1. The van der Waals surface area contributed by atoms with E-state index in [-0.39, 0.29) is 0 Å². The Hall–Kier alpha value is -2.49. The zero-order valence-electron chi connectivity index (χ0n) is 20.3. The number of fused-ring (bicyclic) bond motifs is 1. The van der Waals surface area contributed by atoms with Crippen molar-refractivity contribution in [3.63, 3.8) is 0 Å². The molecule has 0 spiro atoms. The van der Waals surface area contributed by atoms with Gasteiger partial charge in [-0.15, -0.1) is 0 Å². The van der Waals surface area contributed by atoms with Gasteiger partial charge < -0.3 is 34.3 Å². The highest BCUT2D eigenvalue weighted by atomic mass is 16.6. The van der Waals surface area contributed by atoms with Gasteiger partial charge in [0.05, 0.1) is 58.5 Å². The van der Waals surface area contributed by atoms with Crippen LogP contribution in [-0.2, 0) is 25.5 Å². The van der Waals surface area contributed by atoms with E-state index in [1.807, 2.05) is 0 Å². The second kappa shape index (κ2) is 15.4. The molecule has 0 bridgehead atoms. The van der Waals surface area contributed by atoms with E-state index in [0.717, 1.165) is 42.2 Å². The fraction of sp³-hybridized carbons (Fsp3) is 0.500. The summed E-state index contributed by atoms with van der Waals surface area (Å²) in [6, 6.07) is 10.5. The molecule has 34 heavy (non-hydrogen) atoms. The SMILES string of the molecule is CN1CCOCCOCCOCCOCCOc2cc(C=Cc3cc[n+](CC[NH3+])cc3)ccc21. The van der Waals surface area contributed by atoms with Crippen LogP contribution in [0.2, 0.25) is 0 Å². The average molecular weight is 474 g/mol. The Morgan fingerprint density at radius 2 is 1.38 bits per heavy atom. The largest absolute Gasteiger partial charge is 0.489 e. The molecule has 1 aromatic heterocycles. The minimum Gasteiger partial charge on any atom is -0.489 e. The average Bonchev–Trinajstić information content (AvgIpc) is 2.85. The lowest BCUT2D eigenvalue weighted by molar-refractivity contribution is -0.711. The summed E-state index contributed by atoms with van der Waals surface area (Å²) in [5, 5.41) is 0. The number of benzene rings is 1. The Morgan fingerprint density at radius 1 is 0.794 bits per heavy atom. The first kappa shape index (κ1) is 26.1. The second-order valence-corrected chi connectivity index (χ2v) is 8.00. The van der Waals surface area contributed by atoms with Crippen molar-refractivity contribution in [1.29, 1.82) is 0 Å². The third-order valence-corrected chi connectivity index (χ3v) is 5.37. The molecular formula is C26H39N3O5+2. The van der Waals surface area contributed by atoms with Crippen LogP contribution in [0.5, 0.6) is 5.75 Å². The zero-order chi connectivity index (χ0) is 23.8. The molecule has 1 aliphatic heterocycles. The van der Waals surface area contributed by atoms with Crippen LogP contribution >= 0.6 is 0 Å². The number of pyridine rings is 1. The van der Waals surface area contributed by atoms with E-state index in [0.29, 0.717) is 59.5 Å². The van der Waals surface area contributed by atoms with Crippen LogP contribution in [0.25, 0.3) is 12.2 Å². The topological polar surface area (TPSA) is 80.9 Å². The molecule has 3 N–H and O–H groups in total. The number of aromatic nitrogens is 1. The number of ether oxygens (including phenoxy) is 5. The van der Waals surface area contributed by atoms with Gasteiger partial charge in [0, 0.05) is 25.7 Å². The molecular weight excluding hydrogens is 434 g/mol. The maximum Gasteiger partial charge on any atom is 0.196 e. The number of rotatable bonds is 4. The van der Waals surface area contributed by atoms with Gasteiger partial charge in [-0.3, -0.25) is 0 Å². The quantitative estimate of drug-likeness (QED) is 0.674. The molecule has 0 radical (unpaired) electrons. The standard InChI is InChI=1S/C26H38N3O5/c1-28-12-13-30-14-15-31-16-17-32-18-19-33-20-21-34-26-22-24(4-5-25(26)28)3-2-23-6-9-29(10-7-23)11-8-27/h2-7,9-10,22H,8,11-21,27H2,1H3/q+1/p+1. The van der Waals surface area contributed by atoms with Crippen molar-refractivity contribution in [2.75, 3.05) is 84.5 Å². The number of hydrogen-bond acceptors (Lipinski definition) is 6. The van der Waals surface area contributed by atoms with Crippen LogP contribution in [0.1, 0.15) is 11.1 Å². The molecule has 0 fully saturated rings. The third-order valence-electron chi connectivity index (χ3n) is 5.37. The Bertz CT molecular complexity index is 860. The summed E-state index contributed by atoms with van der Waals surface area (Å²) in [7, 11) is 2.05. The summed E-state index contributed by atoms with van der Waals surface area (Å²) in [5.74, 6) is 0.829. The highest BCUT2D eigenvalue weighted by Gasteiger charge is 2.10. The second-order valence-electron chi connectivity index (χ2n) is 8.00. The molecule has 0 aliphatic carbocycles. The smallest absolute Gasteiger partial charge is 0.196 e. The summed E-state index contributed by atoms with van der Waals surface area (Å²) >= 11 is 0. The monoisotopic (exact) mass is 473 g/mol. The van der Waals surface area contributed by atoms with Crippen molar-refractivity contribution in [1.82, 2.24) is 0 Å². The van der Waals surface area contributed by atoms with Crippen molar-refractivity contribution in [2.24, 2.45) is 0 Å². The third kappa shape index (κ3) is 9.40. The van der Waals surface area contributed by atoms with Gasteiger partial charge in [-0.05, 0) is 23.3 Å². The molecule has 8 heteroatoms. The van der Waals surface area contributed by atoms with E-state index >= 15 is 0 Å². The van der Waals surface area contributed by atoms with Gasteiger partial charge >= 0.3 is 0 Å². The number of quaternary nitrogens is 1. The van der Waals surface area contributed by atoms with Crippen LogP contribution < -0.4 is 19.9 Å². The summed E-state index contributed by atoms with van der Waals surface area (Å²) in [6.45, 7) is 7.49. The van der Waals surface area contributed by atoms with Gasteiger partial charge in [0.2, 0.25) is 0 Å². The number of anilines is 1. The van der Waals surface area contributed by atoms with Crippen molar-refractivity contribution in [3.05, 3.63) is 53.9 Å². The molecule has 2 aromatic rings. The first-order valence-corrected chi connectivity index (χ1v) is 12.0. The summed E-state index contributed by atoms with van der Waals surface area (Å²) in [5.41, 5.74) is 7.15. The molecule has 1 aromatic carbocycles. The molecule has 0 saturated carbocycles. The molecule has 1 aliphatic rings. The Labute approximate surface area is 202 Å². The van der Waals surface area contributed by atoms with Crippen molar-refractivity contribution in [2.45, 2.75) is 6.54 Å². The van der Waals surface area contributed by atoms with Crippen molar-refractivity contribution >= 4 is 17.8 Å². The minimum atomic E-state index is 0.471. The van der Waals surface area contributed by atoms with Crippen molar-refractivity contribution < 1.29 is 34.0 Å². The number of hydrogen-bond donors (Lipinski definition) is 1. The predicted octanol–water partition coefficient (Wildman–Crippen LogP) is 1.28. The van der Waals surface area contributed by atoms with Gasteiger partial charge in [0.15, 0.2) is 18.9 Å². The van der Waals surface area contributed by atoms with E-state index in [2.05, 4.69) is 77.1 Å². The van der Waals surface area contributed by atoms with Crippen LogP contribution in [0.3, 0.4) is 0 Å². The summed E-state index contributed by atoms with van der Waals surface area (Å²) < 4.78 is 30.6. The van der Waals surface area contributed by atoms with Gasteiger partial charge in [0.25, 0.3) is 0 Å². The lowest BCUT2D eigenvalue weighted by Crippen LogP contribution is -2.56. The Balaban J connectivity index is 1.67. The molecule has 186 valence electrons. The lowest BCUT2D eigenvalue weighted by atomic mass is 10.1. The predicted molar refractivity (Wildman–Crippen MR) is 132 cm³/mol. The van der Waals surface area contributed by atoms with E-state index in [4.69, 9.17) is 23.7 Å². The van der Waals surface area contributed by atoms with Gasteiger partial charge in [0.1, 0.15) is 18.9 Å².